The zero-order chi connectivity index (χ0) is 30.6. The van der Waals surface area contributed by atoms with Crippen molar-refractivity contribution < 1.29 is 26.7 Å². The second-order valence-corrected chi connectivity index (χ2v) is 11.8. The first kappa shape index (κ1) is 30.3. The number of halogens is 2. The van der Waals surface area contributed by atoms with E-state index in [9.17, 15) is 12.8 Å². The largest absolute Gasteiger partial charge is 0.492 e. The molecule has 2 N–H and O–H groups in total. The monoisotopic (exact) mass is 613 g/mol. The Morgan fingerprint density at radius 2 is 1.95 bits per heavy atom. The molecule has 2 aromatic carbocycles. The number of hydrogen-bond acceptors (Lipinski definition) is 10. The molecule has 0 aliphatic carbocycles. The van der Waals surface area contributed by atoms with Crippen LogP contribution in [0, 0.1) is 5.82 Å². The highest BCUT2D eigenvalue weighted by molar-refractivity contribution is 7.92. The van der Waals surface area contributed by atoms with Crippen LogP contribution in [0.3, 0.4) is 0 Å². The first-order valence-electron chi connectivity index (χ1n) is 13.9. The number of nitrogens with zero attached hydrogens (tertiary/aromatic N) is 5. The Morgan fingerprint density at radius 1 is 1.16 bits per heavy atom. The highest BCUT2D eigenvalue weighted by Crippen LogP contribution is 2.39. The summed E-state index contributed by atoms with van der Waals surface area (Å²) < 4.78 is 67.2. The van der Waals surface area contributed by atoms with Crippen LogP contribution in [0.5, 0.6) is 5.75 Å². The lowest BCUT2D eigenvalue weighted by molar-refractivity contribution is 0.0987. The lowest BCUT2D eigenvalue weighted by Gasteiger charge is -2.35. The molecule has 0 unspecified atom stereocenters. The van der Waals surface area contributed by atoms with Gasteiger partial charge in [0.05, 0.1) is 49.5 Å². The van der Waals surface area contributed by atoms with Gasteiger partial charge >= 0.3 is 0 Å². The second-order valence-electron chi connectivity index (χ2n) is 9.97. The number of anilines is 3. The minimum absolute atomic E-state index is 0.0133. The average Bonchev–Trinajstić information content (AvgIpc) is 3.01. The molecule has 2 aromatic heterocycles. The Balaban J connectivity index is 1.70. The van der Waals surface area contributed by atoms with Crippen molar-refractivity contribution in [1.29, 1.82) is 0 Å². The topological polar surface area (TPSA) is 131 Å². The Morgan fingerprint density at radius 3 is 2.65 bits per heavy atom. The van der Waals surface area contributed by atoms with Gasteiger partial charge in [0, 0.05) is 36.9 Å². The predicted octanol–water partition coefficient (Wildman–Crippen LogP) is 4.66. The van der Waals surface area contributed by atoms with Gasteiger partial charge in [-0.05, 0) is 44.0 Å². The van der Waals surface area contributed by atoms with Crippen LogP contribution < -0.4 is 19.7 Å². The van der Waals surface area contributed by atoms with E-state index in [1.54, 1.807) is 43.7 Å². The third kappa shape index (κ3) is 6.59. The van der Waals surface area contributed by atoms with Crippen LogP contribution in [0.4, 0.5) is 26.2 Å². The van der Waals surface area contributed by atoms with Crippen molar-refractivity contribution in [1.82, 2.24) is 19.9 Å². The molecule has 1 fully saturated rings. The number of aromatic nitrogens is 4. The fourth-order valence-corrected chi connectivity index (χ4v) is 5.95. The molecule has 14 heteroatoms. The summed E-state index contributed by atoms with van der Waals surface area (Å²) in [6, 6.07) is 7.87. The van der Waals surface area contributed by atoms with Gasteiger partial charge in [-0.3, -0.25) is 9.11 Å². The minimum Gasteiger partial charge on any atom is -0.492 e. The molecular weight excluding hydrogens is 580 g/mol. The van der Waals surface area contributed by atoms with Gasteiger partial charge in [0.2, 0.25) is 16.0 Å². The second kappa shape index (κ2) is 13.0. The van der Waals surface area contributed by atoms with E-state index in [1.807, 2.05) is 13.8 Å². The van der Waals surface area contributed by atoms with Crippen LogP contribution in [0.25, 0.3) is 33.4 Å². The number of sulfonamides is 1. The molecule has 1 saturated heterocycles. The van der Waals surface area contributed by atoms with Gasteiger partial charge in [-0.15, -0.1) is 0 Å². The summed E-state index contributed by atoms with van der Waals surface area (Å²) in [6.07, 6.45) is 3.09. The smallest absolute Gasteiger partial charge is 0.232 e. The van der Waals surface area contributed by atoms with Crippen molar-refractivity contribution in [3.8, 4) is 28.3 Å². The molecule has 1 atom stereocenters. The maximum atomic E-state index is 15.9. The summed E-state index contributed by atoms with van der Waals surface area (Å²) >= 11 is 0. The summed E-state index contributed by atoms with van der Waals surface area (Å²) in [7, 11) is -2.21. The summed E-state index contributed by atoms with van der Waals surface area (Å²) in [5, 5.41) is 3.52. The highest BCUT2D eigenvalue weighted by atomic mass is 32.2. The number of morpholine rings is 1. The van der Waals surface area contributed by atoms with Crippen LogP contribution in [0.15, 0.2) is 42.7 Å². The van der Waals surface area contributed by atoms with Crippen molar-refractivity contribution in [2.45, 2.75) is 26.3 Å². The molecule has 228 valence electrons. The van der Waals surface area contributed by atoms with Gasteiger partial charge < -0.3 is 19.7 Å². The van der Waals surface area contributed by atoms with E-state index in [1.165, 1.54) is 6.07 Å². The van der Waals surface area contributed by atoms with Crippen LogP contribution in [-0.4, -0.2) is 80.2 Å². The standard InChI is InChI=1S/C29H33F2N7O4S/c1-4-42-24-14-19(21-7-5-8-23(25(21)31)37-43(39,40)12-6-9-30)13-22-26(24)35-27(20-15-33-29(32-3)34-16-20)36-28(22)38-10-11-41-17-18(38)2/h5,7-8,13-16,18,37H,4,6,9-12,17H2,1-3H3,(H,32,33,34)/t18-/m1/s1. The van der Waals surface area contributed by atoms with Gasteiger partial charge in [0.1, 0.15) is 17.1 Å². The Hall–Kier alpha value is -4.17. The van der Waals surface area contributed by atoms with Gasteiger partial charge in [0.25, 0.3) is 0 Å². The van der Waals surface area contributed by atoms with Crippen molar-refractivity contribution in [3.63, 3.8) is 0 Å². The van der Waals surface area contributed by atoms with E-state index in [2.05, 4.69) is 24.9 Å². The van der Waals surface area contributed by atoms with Gasteiger partial charge in [0.15, 0.2) is 11.6 Å². The molecule has 0 radical (unpaired) electrons. The fourth-order valence-electron chi connectivity index (χ4n) is 4.87. The molecule has 5 rings (SSSR count). The number of ether oxygens (including phenoxy) is 2. The third-order valence-electron chi connectivity index (χ3n) is 6.94. The van der Waals surface area contributed by atoms with Crippen LogP contribution in [0.2, 0.25) is 0 Å². The number of hydrogen-bond donors (Lipinski definition) is 2. The normalized spacial score (nSPS) is 15.5. The SMILES string of the molecule is CCOc1cc(-c2cccc(NS(=O)(=O)CCCF)c2F)cc2c(N3CCOC[C@H]3C)nc(-c3cnc(NC)nc3)nc12. The maximum Gasteiger partial charge on any atom is 0.232 e. The minimum atomic E-state index is -3.94. The summed E-state index contributed by atoms with van der Waals surface area (Å²) in [4.78, 5) is 20.5. The predicted molar refractivity (Wildman–Crippen MR) is 162 cm³/mol. The molecule has 1 aliphatic rings. The lowest BCUT2D eigenvalue weighted by Crippen LogP contribution is -2.44. The highest BCUT2D eigenvalue weighted by Gasteiger charge is 2.26. The number of benzene rings is 2. The molecule has 11 nitrogen and oxygen atoms in total. The molecule has 0 spiro atoms. The number of rotatable bonds is 11. The number of alkyl halides is 1. The van der Waals surface area contributed by atoms with Crippen molar-refractivity contribution in [2.75, 3.05) is 60.8 Å². The number of fused-ring (bicyclic) bond motifs is 1. The fraction of sp³-hybridized carbons (Fsp3) is 0.379. The molecule has 0 amide bonds. The van der Waals surface area contributed by atoms with Gasteiger partial charge in [-0.25, -0.2) is 32.7 Å². The van der Waals surface area contributed by atoms with E-state index in [0.717, 1.165) is 0 Å². The summed E-state index contributed by atoms with van der Waals surface area (Å²) in [6.45, 7) is 4.97. The van der Waals surface area contributed by atoms with Crippen LogP contribution >= 0.6 is 0 Å². The number of nitrogens with one attached hydrogen (secondary N) is 2. The van der Waals surface area contributed by atoms with Gasteiger partial charge in [-0.2, -0.15) is 0 Å². The van der Waals surface area contributed by atoms with E-state index < -0.39 is 28.3 Å². The zero-order valence-corrected chi connectivity index (χ0v) is 24.9. The molecule has 0 saturated carbocycles. The van der Waals surface area contributed by atoms with E-state index in [4.69, 9.17) is 19.4 Å². The molecular formula is C29H33F2N7O4S. The van der Waals surface area contributed by atoms with Gasteiger partial charge in [-0.1, -0.05) is 12.1 Å². The molecule has 0 bridgehead atoms. The van der Waals surface area contributed by atoms with Crippen molar-refractivity contribution >= 4 is 38.4 Å². The first-order chi connectivity index (χ1) is 20.7. The van der Waals surface area contributed by atoms with E-state index >= 15 is 4.39 Å². The van der Waals surface area contributed by atoms with Crippen molar-refractivity contribution in [2.24, 2.45) is 0 Å². The Bertz CT molecular complexity index is 1710. The lowest BCUT2D eigenvalue weighted by atomic mass is 10.0. The maximum absolute atomic E-state index is 15.9. The molecule has 3 heterocycles. The zero-order valence-electron chi connectivity index (χ0n) is 24.1. The third-order valence-corrected chi connectivity index (χ3v) is 8.30. The quantitative estimate of drug-likeness (QED) is 0.246. The first-order valence-corrected chi connectivity index (χ1v) is 15.6. The molecule has 4 aromatic rings. The van der Waals surface area contributed by atoms with Crippen LogP contribution in [-0.2, 0) is 14.8 Å². The van der Waals surface area contributed by atoms with Crippen LogP contribution in [0.1, 0.15) is 20.3 Å². The summed E-state index contributed by atoms with van der Waals surface area (Å²) in [5.41, 5.74) is 1.49. The molecule has 43 heavy (non-hydrogen) atoms. The average molecular weight is 614 g/mol. The van der Waals surface area contributed by atoms with Crippen molar-refractivity contribution in [3.05, 3.63) is 48.5 Å². The van der Waals surface area contributed by atoms with E-state index in [-0.39, 0.29) is 23.7 Å². The Labute approximate surface area is 248 Å². The van der Waals surface area contributed by atoms with E-state index in [0.29, 0.717) is 71.7 Å². The Kier molecular flexibility index (Phi) is 9.16. The summed E-state index contributed by atoms with van der Waals surface area (Å²) in [5.74, 6) is 0.644. The molecule has 1 aliphatic heterocycles.